The third kappa shape index (κ3) is 4.21. The first-order valence-corrected chi connectivity index (χ1v) is 9.84. The number of rotatable bonds is 5. The van der Waals surface area contributed by atoms with Crippen LogP contribution in [0.15, 0.2) is 35.2 Å². The summed E-state index contributed by atoms with van der Waals surface area (Å²) in [5.74, 6) is -0.0365. The molecule has 0 atom stereocenters. The summed E-state index contributed by atoms with van der Waals surface area (Å²) in [5.41, 5.74) is -0.601. The minimum absolute atomic E-state index is 0.0365. The lowest BCUT2D eigenvalue weighted by Crippen LogP contribution is -2.20. The lowest BCUT2D eigenvalue weighted by molar-refractivity contribution is 0.343. The average Bonchev–Trinajstić information content (AvgIpc) is 2.87. The SMILES string of the molecule is O=P(O)(O)C(Nc1ccc(-c2ccsc2)cn1)P(=O)(O)O. The van der Waals surface area contributed by atoms with Crippen molar-refractivity contribution in [1.29, 1.82) is 0 Å². The smallest absolute Gasteiger partial charge is 0.346 e. The normalized spacial score (nSPS) is 12.6. The fraction of sp³-hybridized carbons (Fsp3) is 0.100. The molecule has 0 aliphatic carbocycles. The van der Waals surface area contributed by atoms with Crippen molar-refractivity contribution in [2.24, 2.45) is 0 Å². The monoisotopic (exact) mass is 350 g/mol. The molecule has 0 saturated carbocycles. The van der Waals surface area contributed by atoms with E-state index in [1.165, 1.54) is 23.6 Å². The highest BCUT2D eigenvalue weighted by Crippen LogP contribution is 2.59. The van der Waals surface area contributed by atoms with Crippen LogP contribution < -0.4 is 5.32 Å². The summed E-state index contributed by atoms with van der Waals surface area (Å²) >= 11 is 1.51. The highest BCUT2D eigenvalue weighted by Gasteiger charge is 2.43. The molecule has 0 bridgehead atoms. The van der Waals surface area contributed by atoms with Crippen LogP contribution in [-0.2, 0) is 9.13 Å². The molecule has 0 amide bonds. The predicted molar refractivity (Wildman–Crippen MR) is 79.0 cm³/mol. The molecular formula is C10H12N2O6P2S. The van der Waals surface area contributed by atoms with Crippen molar-refractivity contribution in [1.82, 2.24) is 4.98 Å². The van der Waals surface area contributed by atoms with E-state index in [0.29, 0.717) is 0 Å². The number of hydrogen-bond donors (Lipinski definition) is 5. The van der Waals surface area contributed by atoms with E-state index in [0.717, 1.165) is 11.1 Å². The minimum atomic E-state index is -5.04. The summed E-state index contributed by atoms with van der Waals surface area (Å²) in [5, 5.41) is 5.89. The van der Waals surface area contributed by atoms with Gasteiger partial charge in [0.2, 0.25) is 5.52 Å². The van der Waals surface area contributed by atoms with E-state index in [-0.39, 0.29) is 5.82 Å². The van der Waals surface area contributed by atoms with Crippen molar-refractivity contribution < 1.29 is 28.7 Å². The van der Waals surface area contributed by atoms with Gasteiger partial charge in [-0.05, 0) is 34.5 Å². The van der Waals surface area contributed by atoms with Gasteiger partial charge in [0, 0.05) is 11.8 Å². The number of anilines is 1. The molecule has 2 rings (SSSR count). The van der Waals surface area contributed by atoms with Gasteiger partial charge in [-0.3, -0.25) is 9.13 Å². The van der Waals surface area contributed by atoms with Crippen molar-refractivity contribution in [3.63, 3.8) is 0 Å². The maximum Gasteiger partial charge on any atom is 0.360 e. The van der Waals surface area contributed by atoms with Gasteiger partial charge in [-0.15, -0.1) is 0 Å². The van der Waals surface area contributed by atoms with Crippen LogP contribution >= 0.6 is 26.5 Å². The van der Waals surface area contributed by atoms with Gasteiger partial charge in [0.1, 0.15) is 5.82 Å². The molecule has 0 fully saturated rings. The van der Waals surface area contributed by atoms with Gasteiger partial charge >= 0.3 is 15.2 Å². The van der Waals surface area contributed by atoms with Crippen LogP contribution in [-0.4, -0.2) is 30.1 Å². The molecule has 0 aliphatic rings. The molecule has 0 radical (unpaired) electrons. The highest BCUT2D eigenvalue weighted by atomic mass is 32.1. The van der Waals surface area contributed by atoms with Gasteiger partial charge in [-0.25, -0.2) is 4.98 Å². The van der Waals surface area contributed by atoms with E-state index in [1.54, 1.807) is 6.07 Å². The molecule has 114 valence electrons. The Kier molecular flexibility index (Phi) is 4.65. The molecule has 0 unspecified atom stereocenters. The van der Waals surface area contributed by atoms with Crippen LogP contribution in [0, 0.1) is 0 Å². The molecular weight excluding hydrogens is 338 g/mol. The second-order valence-corrected chi connectivity index (χ2v) is 8.72. The molecule has 0 spiro atoms. The molecule has 2 aromatic heterocycles. The minimum Gasteiger partial charge on any atom is -0.346 e. The van der Waals surface area contributed by atoms with Gasteiger partial charge < -0.3 is 24.9 Å². The van der Waals surface area contributed by atoms with Crippen molar-refractivity contribution in [2.45, 2.75) is 5.52 Å². The Labute approximate surface area is 123 Å². The Morgan fingerprint density at radius 1 is 1.05 bits per heavy atom. The van der Waals surface area contributed by atoms with E-state index >= 15 is 0 Å². The zero-order valence-electron chi connectivity index (χ0n) is 10.4. The standard InChI is InChI=1S/C10H12N2O6P2S/c13-19(14,15)10(20(16,17)18)12-9-2-1-7(5-11-9)8-3-4-21-6-8/h1-6,10H,(H,11,12)(H2,13,14,15)(H2,16,17,18). The zero-order valence-corrected chi connectivity index (χ0v) is 13.0. The van der Waals surface area contributed by atoms with Gasteiger partial charge in [0.05, 0.1) is 0 Å². The first-order chi connectivity index (χ1) is 9.68. The Bertz CT molecular complexity index is 671. The molecule has 21 heavy (non-hydrogen) atoms. The number of pyridine rings is 1. The van der Waals surface area contributed by atoms with Crippen LogP contribution in [0.5, 0.6) is 0 Å². The van der Waals surface area contributed by atoms with E-state index in [1.807, 2.05) is 16.8 Å². The molecule has 11 heteroatoms. The van der Waals surface area contributed by atoms with E-state index < -0.39 is 20.7 Å². The van der Waals surface area contributed by atoms with Gasteiger partial charge in [-0.2, -0.15) is 11.3 Å². The largest absolute Gasteiger partial charge is 0.360 e. The Balaban J connectivity index is 2.23. The van der Waals surface area contributed by atoms with Gasteiger partial charge in [0.15, 0.2) is 0 Å². The molecule has 2 aromatic rings. The van der Waals surface area contributed by atoms with Crippen LogP contribution in [0.2, 0.25) is 0 Å². The number of thiophene rings is 1. The van der Waals surface area contributed by atoms with Gasteiger partial charge in [0.25, 0.3) is 0 Å². The molecule has 0 aliphatic heterocycles. The first-order valence-electron chi connectivity index (χ1n) is 5.53. The summed E-state index contributed by atoms with van der Waals surface area (Å²) < 4.78 is 22.3. The zero-order chi connectivity index (χ0) is 15.7. The third-order valence-corrected chi connectivity index (χ3v) is 6.55. The van der Waals surface area contributed by atoms with E-state index in [2.05, 4.69) is 10.3 Å². The van der Waals surface area contributed by atoms with E-state index in [4.69, 9.17) is 19.6 Å². The number of hydrogen-bond acceptors (Lipinski definition) is 5. The lowest BCUT2D eigenvalue weighted by atomic mass is 10.1. The Hall–Kier alpha value is -1.05. The van der Waals surface area contributed by atoms with Crippen molar-refractivity contribution >= 4 is 32.3 Å². The Morgan fingerprint density at radius 3 is 2.14 bits per heavy atom. The number of nitrogens with zero attached hydrogens (tertiary/aromatic N) is 1. The second kappa shape index (κ2) is 5.98. The van der Waals surface area contributed by atoms with E-state index in [9.17, 15) is 9.13 Å². The van der Waals surface area contributed by atoms with Crippen LogP contribution in [0.4, 0.5) is 5.82 Å². The molecule has 0 aromatic carbocycles. The average molecular weight is 350 g/mol. The number of nitrogens with one attached hydrogen (secondary N) is 1. The lowest BCUT2D eigenvalue weighted by Gasteiger charge is -2.21. The molecule has 5 N–H and O–H groups in total. The first kappa shape index (κ1) is 16.3. The summed E-state index contributed by atoms with van der Waals surface area (Å²) in [7, 11) is -10.1. The van der Waals surface area contributed by atoms with Gasteiger partial charge in [-0.1, -0.05) is 0 Å². The molecule has 2 heterocycles. The van der Waals surface area contributed by atoms with Crippen LogP contribution in [0.25, 0.3) is 11.1 Å². The molecule has 0 saturated heterocycles. The third-order valence-electron chi connectivity index (χ3n) is 2.53. The quantitative estimate of drug-likeness (QED) is 0.515. The summed E-state index contributed by atoms with van der Waals surface area (Å²) in [6, 6.07) is 4.90. The fourth-order valence-corrected chi connectivity index (χ4v) is 4.41. The van der Waals surface area contributed by atoms with Crippen molar-refractivity contribution in [3.8, 4) is 11.1 Å². The second-order valence-electron chi connectivity index (χ2n) is 4.14. The summed E-state index contributed by atoms with van der Waals surface area (Å²) in [6.45, 7) is 0. The van der Waals surface area contributed by atoms with Crippen molar-refractivity contribution in [3.05, 3.63) is 35.2 Å². The maximum absolute atomic E-state index is 11.1. The van der Waals surface area contributed by atoms with Crippen molar-refractivity contribution in [2.75, 3.05) is 5.32 Å². The fourth-order valence-electron chi connectivity index (χ4n) is 1.58. The predicted octanol–water partition coefficient (Wildman–Crippen LogP) is 1.86. The topological polar surface area (TPSA) is 140 Å². The molecule has 8 nitrogen and oxygen atoms in total. The van der Waals surface area contributed by atoms with Crippen LogP contribution in [0.1, 0.15) is 0 Å². The summed E-state index contributed by atoms with van der Waals surface area (Å²) in [4.78, 5) is 39.9. The Morgan fingerprint density at radius 2 is 1.71 bits per heavy atom. The number of aromatic nitrogens is 1. The maximum atomic E-state index is 11.1. The van der Waals surface area contributed by atoms with Crippen LogP contribution in [0.3, 0.4) is 0 Å². The highest BCUT2D eigenvalue weighted by molar-refractivity contribution is 7.71. The summed E-state index contributed by atoms with van der Waals surface area (Å²) in [6.07, 6.45) is 1.45.